The Bertz CT molecular complexity index is 805. The van der Waals surface area contributed by atoms with Gasteiger partial charge in [0.05, 0.1) is 5.69 Å². The van der Waals surface area contributed by atoms with Crippen LogP contribution in [0.4, 0.5) is 5.95 Å². The largest absolute Gasteiger partial charge is 0.364 e. The van der Waals surface area contributed by atoms with Crippen molar-refractivity contribution >= 4 is 35.9 Å². The number of anilines is 1. The molecule has 0 amide bonds. The quantitative estimate of drug-likeness (QED) is 0.219. The zero-order valence-electron chi connectivity index (χ0n) is 19.5. The fourth-order valence-electron chi connectivity index (χ4n) is 4.20. The molecule has 0 unspecified atom stereocenters. The summed E-state index contributed by atoms with van der Waals surface area (Å²) in [5.74, 6) is 1.88. The molecule has 2 saturated heterocycles. The molecule has 0 atom stereocenters. The van der Waals surface area contributed by atoms with E-state index >= 15 is 0 Å². The maximum Gasteiger partial charge on any atom is 0.225 e. The highest BCUT2D eigenvalue weighted by molar-refractivity contribution is 14.0. The molecule has 0 spiro atoms. The summed E-state index contributed by atoms with van der Waals surface area (Å²) in [4.78, 5) is 23.2. The van der Waals surface area contributed by atoms with E-state index in [-0.39, 0.29) is 24.0 Å². The molecule has 0 aromatic carbocycles. The second-order valence-electron chi connectivity index (χ2n) is 8.22. The molecule has 182 valence electrons. The molecule has 0 bridgehead atoms. The van der Waals surface area contributed by atoms with Crippen LogP contribution in [0.2, 0.25) is 0 Å². The SMILES string of the molecule is CCNC(=NCCCN1CCN(c2ncccn2)CC1)N1CCN(Cc2ccon2)CC1.I. The van der Waals surface area contributed by atoms with E-state index < -0.39 is 0 Å². The number of aliphatic imine (C=N–C) groups is 1. The predicted octanol–water partition coefficient (Wildman–Crippen LogP) is 1.38. The normalized spacial score (nSPS) is 18.3. The molecule has 2 aliphatic rings. The molecule has 2 aromatic heterocycles. The first kappa shape index (κ1) is 25.6. The molecule has 33 heavy (non-hydrogen) atoms. The standard InChI is InChI=1S/C22H35N9O.HI/c1-2-23-21(30-16-12-29(13-17-30)19-20-5-18-32-27-20)26-8-4-9-28-10-14-31(15-11-28)22-24-6-3-7-25-22;/h3,5-7,18H,2,4,8-17,19H2,1H3,(H,23,26);1H. The first-order valence-corrected chi connectivity index (χ1v) is 11.7. The van der Waals surface area contributed by atoms with E-state index in [9.17, 15) is 0 Å². The van der Waals surface area contributed by atoms with E-state index in [2.05, 4.69) is 47.0 Å². The Morgan fingerprint density at radius 3 is 2.42 bits per heavy atom. The van der Waals surface area contributed by atoms with Crippen LogP contribution in [0.5, 0.6) is 0 Å². The van der Waals surface area contributed by atoms with Crippen molar-refractivity contribution in [1.82, 2.24) is 35.1 Å². The summed E-state index contributed by atoms with van der Waals surface area (Å²) in [7, 11) is 0. The lowest BCUT2D eigenvalue weighted by Gasteiger charge is -2.36. The highest BCUT2D eigenvalue weighted by Gasteiger charge is 2.21. The molecule has 0 saturated carbocycles. The van der Waals surface area contributed by atoms with Crippen LogP contribution in [0.3, 0.4) is 0 Å². The fourth-order valence-corrected chi connectivity index (χ4v) is 4.20. The van der Waals surface area contributed by atoms with Crippen molar-refractivity contribution in [3.8, 4) is 0 Å². The topological polar surface area (TPSA) is 89.2 Å². The number of aromatic nitrogens is 3. The molecule has 10 nitrogen and oxygen atoms in total. The molecular formula is C22H36IN9O. The number of hydrogen-bond donors (Lipinski definition) is 1. The number of hydrogen-bond acceptors (Lipinski definition) is 8. The van der Waals surface area contributed by atoms with Crippen molar-refractivity contribution in [3.63, 3.8) is 0 Å². The summed E-state index contributed by atoms with van der Waals surface area (Å²) in [6.45, 7) is 13.8. The summed E-state index contributed by atoms with van der Waals surface area (Å²) in [5.41, 5.74) is 0.996. The molecule has 1 N–H and O–H groups in total. The van der Waals surface area contributed by atoms with Gasteiger partial charge in [-0.1, -0.05) is 5.16 Å². The highest BCUT2D eigenvalue weighted by Crippen LogP contribution is 2.10. The van der Waals surface area contributed by atoms with Gasteiger partial charge < -0.3 is 19.6 Å². The Labute approximate surface area is 213 Å². The van der Waals surface area contributed by atoms with Gasteiger partial charge in [-0.25, -0.2) is 9.97 Å². The molecule has 2 fully saturated rings. The van der Waals surface area contributed by atoms with Crippen LogP contribution < -0.4 is 10.2 Å². The maximum atomic E-state index is 4.94. The third-order valence-electron chi connectivity index (χ3n) is 5.98. The van der Waals surface area contributed by atoms with E-state index in [1.54, 1.807) is 6.26 Å². The van der Waals surface area contributed by atoms with Crippen LogP contribution in [-0.2, 0) is 6.54 Å². The summed E-state index contributed by atoms with van der Waals surface area (Å²) in [6, 6.07) is 3.80. The summed E-state index contributed by atoms with van der Waals surface area (Å²) < 4.78 is 4.94. The van der Waals surface area contributed by atoms with Gasteiger partial charge >= 0.3 is 0 Å². The zero-order valence-corrected chi connectivity index (χ0v) is 21.8. The Balaban J connectivity index is 0.00000306. The Morgan fingerprint density at radius 1 is 1.03 bits per heavy atom. The maximum absolute atomic E-state index is 4.94. The lowest BCUT2D eigenvalue weighted by Crippen LogP contribution is -2.52. The first-order chi connectivity index (χ1) is 15.8. The van der Waals surface area contributed by atoms with Crippen molar-refractivity contribution in [3.05, 3.63) is 36.5 Å². The van der Waals surface area contributed by atoms with E-state index in [1.165, 1.54) is 0 Å². The van der Waals surface area contributed by atoms with Gasteiger partial charge in [-0.2, -0.15) is 0 Å². The highest BCUT2D eigenvalue weighted by atomic mass is 127. The van der Waals surface area contributed by atoms with Gasteiger partial charge in [0.15, 0.2) is 5.96 Å². The third kappa shape index (κ3) is 7.78. The van der Waals surface area contributed by atoms with Crippen molar-refractivity contribution in [2.24, 2.45) is 4.99 Å². The van der Waals surface area contributed by atoms with Gasteiger partial charge in [0.1, 0.15) is 6.26 Å². The average Bonchev–Trinajstić information content (AvgIpc) is 3.36. The second-order valence-corrected chi connectivity index (χ2v) is 8.22. The molecule has 11 heteroatoms. The zero-order chi connectivity index (χ0) is 22.0. The van der Waals surface area contributed by atoms with Crippen molar-refractivity contribution in [2.45, 2.75) is 19.9 Å². The minimum Gasteiger partial charge on any atom is -0.364 e. The molecule has 4 heterocycles. The number of nitrogens with one attached hydrogen (secondary N) is 1. The summed E-state index contributed by atoms with van der Waals surface area (Å²) in [5, 5.41) is 7.49. The molecular weight excluding hydrogens is 533 g/mol. The lowest BCUT2D eigenvalue weighted by molar-refractivity contribution is 0.169. The van der Waals surface area contributed by atoms with E-state index in [4.69, 9.17) is 9.52 Å². The van der Waals surface area contributed by atoms with Crippen LogP contribution >= 0.6 is 24.0 Å². The molecule has 0 aliphatic carbocycles. The number of guanidine groups is 1. The Hall–Kier alpha value is -1.99. The molecule has 0 radical (unpaired) electrons. The minimum absolute atomic E-state index is 0. The first-order valence-electron chi connectivity index (χ1n) is 11.7. The van der Waals surface area contributed by atoms with Crippen LogP contribution in [0.25, 0.3) is 0 Å². The third-order valence-corrected chi connectivity index (χ3v) is 5.98. The van der Waals surface area contributed by atoms with Crippen LogP contribution in [0, 0.1) is 0 Å². The number of halogens is 1. The van der Waals surface area contributed by atoms with Gasteiger partial charge in [-0.05, 0) is 19.4 Å². The molecule has 2 aromatic rings. The van der Waals surface area contributed by atoms with Gasteiger partial charge in [0.2, 0.25) is 5.95 Å². The van der Waals surface area contributed by atoms with Crippen molar-refractivity contribution < 1.29 is 4.52 Å². The monoisotopic (exact) mass is 569 g/mol. The average molecular weight is 569 g/mol. The fraction of sp³-hybridized carbons (Fsp3) is 0.636. The minimum atomic E-state index is 0. The van der Waals surface area contributed by atoms with E-state index in [0.717, 1.165) is 103 Å². The number of rotatable bonds is 8. The Kier molecular flexibility index (Phi) is 10.6. The molecule has 2 aliphatic heterocycles. The smallest absolute Gasteiger partial charge is 0.225 e. The predicted molar refractivity (Wildman–Crippen MR) is 140 cm³/mol. The van der Waals surface area contributed by atoms with Gasteiger partial charge in [0.25, 0.3) is 0 Å². The number of piperazine rings is 2. The van der Waals surface area contributed by atoms with E-state index in [1.807, 2.05) is 24.5 Å². The summed E-state index contributed by atoms with van der Waals surface area (Å²) >= 11 is 0. The van der Waals surface area contributed by atoms with Gasteiger partial charge in [-0.15, -0.1) is 24.0 Å². The van der Waals surface area contributed by atoms with Gasteiger partial charge in [0, 0.05) is 97.0 Å². The Morgan fingerprint density at radius 2 is 1.76 bits per heavy atom. The van der Waals surface area contributed by atoms with Crippen molar-refractivity contribution in [2.75, 3.05) is 76.9 Å². The van der Waals surface area contributed by atoms with Crippen LogP contribution in [0.1, 0.15) is 19.0 Å². The summed E-state index contributed by atoms with van der Waals surface area (Å²) in [6.07, 6.45) is 6.33. The van der Waals surface area contributed by atoms with Crippen LogP contribution in [0.15, 0.2) is 40.3 Å². The van der Waals surface area contributed by atoms with Gasteiger partial charge in [-0.3, -0.25) is 14.8 Å². The lowest BCUT2D eigenvalue weighted by atomic mass is 10.3. The van der Waals surface area contributed by atoms with Crippen LogP contribution in [-0.4, -0.2) is 108 Å². The van der Waals surface area contributed by atoms with Crippen molar-refractivity contribution in [1.29, 1.82) is 0 Å². The second kappa shape index (κ2) is 13.7. The number of nitrogens with zero attached hydrogens (tertiary/aromatic N) is 8. The molecule has 4 rings (SSSR count). The van der Waals surface area contributed by atoms with E-state index in [0.29, 0.717) is 0 Å².